The molecule has 180 valence electrons. The van der Waals surface area contributed by atoms with Gasteiger partial charge in [0.05, 0.1) is 13.2 Å². The highest BCUT2D eigenvalue weighted by atomic mass is 16.5. The second kappa shape index (κ2) is 10.8. The smallest absolute Gasteiger partial charge is 0.263 e. The SMILES string of the molecule is CN(C)CCCOc1cccc2cc(C(=O)c3cc4cccc(OCCCN(C)C)c4o3)oc12. The van der Waals surface area contributed by atoms with Crippen LogP contribution in [0.4, 0.5) is 0 Å². The van der Waals surface area contributed by atoms with Gasteiger partial charge in [-0.1, -0.05) is 24.3 Å². The molecule has 2 heterocycles. The Bertz CT molecular complexity index is 1160. The highest BCUT2D eigenvalue weighted by Gasteiger charge is 2.21. The molecule has 0 saturated carbocycles. The van der Waals surface area contributed by atoms with Gasteiger partial charge in [0.15, 0.2) is 34.2 Å². The van der Waals surface area contributed by atoms with Gasteiger partial charge in [-0.25, -0.2) is 0 Å². The first kappa shape index (κ1) is 23.9. The lowest BCUT2D eigenvalue weighted by Gasteiger charge is -2.10. The fraction of sp³-hybridized carbons (Fsp3) is 0.370. The maximum Gasteiger partial charge on any atom is 0.263 e. The summed E-state index contributed by atoms with van der Waals surface area (Å²) in [4.78, 5) is 17.4. The Labute approximate surface area is 199 Å². The molecule has 0 unspecified atom stereocenters. The summed E-state index contributed by atoms with van der Waals surface area (Å²) >= 11 is 0. The molecule has 0 fully saturated rings. The van der Waals surface area contributed by atoms with Crippen LogP contribution in [0.1, 0.15) is 29.2 Å². The minimum atomic E-state index is -0.315. The standard InChI is InChI=1S/C27H32N2O5/c1-28(2)13-7-15-31-21-11-5-9-19-17-23(33-26(19)21)25(30)24-18-20-10-6-12-22(27(20)34-24)32-16-8-14-29(3)4/h5-6,9-12,17-18H,7-8,13-16H2,1-4H3. The van der Waals surface area contributed by atoms with Crippen LogP contribution in [-0.2, 0) is 0 Å². The third-order valence-corrected chi connectivity index (χ3v) is 5.48. The Kier molecular flexibility index (Phi) is 7.55. The molecule has 0 aliphatic rings. The lowest BCUT2D eigenvalue weighted by molar-refractivity contribution is 0.0987. The molecular formula is C27H32N2O5. The number of ketones is 1. The zero-order valence-electron chi connectivity index (χ0n) is 20.3. The third kappa shape index (κ3) is 5.61. The van der Waals surface area contributed by atoms with Gasteiger partial charge in [-0.05, 0) is 65.3 Å². The predicted octanol–water partition coefficient (Wildman–Crippen LogP) is 5.07. The molecular weight excluding hydrogens is 432 g/mol. The van der Waals surface area contributed by atoms with Crippen molar-refractivity contribution < 1.29 is 23.1 Å². The van der Waals surface area contributed by atoms with Gasteiger partial charge < -0.3 is 28.1 Å². The van der Waals surface area contributed by atoms with Crippen molar-refractivity contribution in [2.45, 2.75) is 12.8 Å². The molecule has 2 aromatic heterocycles. The van der Waals surface area contributed by atoms with Crippen molar-refractivity contribution in [1.29, 1.82) is 0 Å². The van der Waals surface area contributed by atoms with Crippen LogP contribution >= 0.6 is 0 Å². The van der Waals surface area contributed by atoms with E-state index in [1.165, 1.54) is 0 Å². The number of para-hydroxylation sites is 2. The van der Waals surface area contributed by atoms with Gasteiger partial charge in [0.25, 0.3) is 5.78 Å². The van der Waals surface area contributed by atoms with Crippen LogP contribution in [0.3, 0.4) is 0 Å². The van der Waals surface area contributed by atoms with Crippen LogP contribution in [0.5, 0.6) is 11.5 Å². The molecule has 34 heavy (non-hydrogen) atoms. The predicted molar refractivity (Wildman–Crippen MR) is 133 cm³/mol. The Balaban J connectivity index is 1.52. The number of furan rings is 2. The molecule has 0 amide bonds. The fourth-order valence-electron chi connectivity index (χ4n) is 3.77. The first-order chi connectivity index (χ1) is 16.4. The Hall–Kier alpha value is -3.29. The highest BCUT2D eigenvalue weighted by molar-refractivity contribution is 6.09. The average molecular weight is 465 g/mol. The van der Waals surface area contributed by atoms with Gasteiger partial charge in [0.2, 0.25) is 0 Å². The number of benzene rings is 2. The minimum absolute atomic E-state index is 0.215. The van der Waals surface area contributed by atoms with Crippen molar-refractivity contribution in [3.05, 3.63) is 60.1 Å². The summed E-state index contributed by atoms with van der Waals surface area (Å²) in [5, 5.41) is 1.63. The van der Waals surface area contributed by atoms with Crippen molar-refractivity contribution in [3.63, 3.8) is 0 Å². The number of nitrogens with zero attached hydrogens (tertiary/aromatic N) is 2. The molecule has 0 bridgehead atoms. The number of hydrogen-bond acceptors (Lipinski definition) is 7. The molecule has 0 atom stereocenters. The molecule has 0 N–H and O–H groups in total. The average Bonchev–Trinajstić information content (AvgIpc) is 3.44. The lowest BCUT2D eigenvalue weighted by atomic mass is 10.2. The number of carbonyl (C=O) groups excluding carboxylic acids is 1. The van der Waals surface area contributed by atoms with E-state index in [2.05, 4.69) is 9.80 Å². The normalized spacial score (nSPS) is 11.7. The van der Waals surface area contributed by atoms with E-state index in [0.29, 0.717) is 35.9 Å². The summed E-state index contributed by atoms with van der Waals surface area (Å²) in [7, 11) is 8.12. The Morgan fingerprint density at radius 3 is 1.59 bits per heavy atom. The minimum Gasteiger partial charge on any atom is -0.490 e. The van der Waals surface area contributed by atoms with E-state index in [-0.39, 0.29) is 17.3 Å². The van der Waals surface area contributed by atoms with Crippen molar-refractivity contribution >= 4 is 27.7 Å². The van der Waals surface area contributed by atoms with Gasteiger partial charge in [0.1, 0.15) is 0 Å². The maximum atomic E-state index is 13.2. The van der Waals surface area contributed by atoms with Gasteiger partial charge >= 0.3 is 0 Å². The number of rotatable bonds is 12. The summed E-state index contributed by atoms with van der Waals surface area (Å²) in [5.74, 6) is 1.38. The van der Waals surface area contributed by atoms with E-state index in [0.717, 1.165) is 36.7 Å². The van der Waals surface area contributed by atoms with Crippen LogP contribution in [0.2, 0.25) is 0 Å². The van der Waals surface area contributed by atoms with E-state index < -0.39 is 0 Å². The largest absolute Gasteiger partial charge is 0.490 e. The monoisotopic (exact) mass is 464 g/mol. The number of ether oxygens (including phenoxy) is 2. The molecule has 2 aromatic carbocycles. The number of carbonyl (C=O) groups is 1. The quantitative estimate of drug-likeness (QED) is 0.214. The number of hydrogen-bond donors (Lipinski definition) is 0. The topological polar surface area (TPSA) is 68.3 Å². The van der Waals surface area contributed by atoms with Crippen LogP contribution in [-0.4, -0.2) is 70.1 Å². The van der Waals surface area contributed by atoms with E-state index in [4.69, 9.17) is 18.3 Å². The van der Waals surface area contributed by atoms with Gasteiger partial charge in [0, 0.05) is 23.9 Å². The summed E-state index contributed by atoms with van der Waals surface area (Å²) in [6, 6.07) is 14.8. The zero-order chi connectivity index (χ0) is 24.1. The first-order valence-corrected chi connectivity index (χ1v) is 11.6. The first-order valence-electron chi connectivity index (χ1n) is 11.6. The van der Waals surface area contributed by atoms with Crippen LogP contribution < -0.4 is 9.47 Å². The fourth-order valence-corrected chi connectivity index (χ4v) is 3.77. The second-order valence-corrected chi connectivity index (χ2v) is 8.91. The van der Waals surface area contributed by atoms with Gasteiger partial charge in [-0.2, -0.15) is 0 Å². The molecule has 4 aromatic rings. The maximum absolute atomic E-state index is 13.2. The van der Waals surface area contributed by atoms with E-state index in [1.807, 2.05) is 64.6 Å². The lowest BCUT2D eigenvalue weighted by Crippen LogP contribution is -2.15. The molecule has 0 spiro atoms. The Morgan fingerprint density at radius 2 is 1.18 bits per heavy atom. The van der Waals surface area contributed by atoms with Crippen molar-refractivity contribution in [2.75, 3.05) is 54.5 Å². The molecule has 7 nitrogen and oxygen atoms in total. The van der Waals surface area contributed by atoms with Crippen LogP contribution in [0.25, 0.3) is 21.9 Å². The summed E-state index contributed by atoms with van der Waals surface area (Å²) in [5.41, 5.74) is 1.13. The van der Waals surface area contributed by atoms with E-state index >= 15 is 0 Å². The highest BCUT2D eigenvalue weighted by Crippen LogP contribution is 2.33. The Morgan fingerprint density at radius 1 is 0.735 bits per heavy atom. The van der Waals surface area contributed by atoms with E-state index in [9.17, 15) is 4.79 Å². The van der Waals surface area contributed by atoms with Crippen molar-refractivity contribution in [2.24, 2.45) is 0 Å². The summed E-state index contributed by atoms with van der Waals surface area (Å²) in [6.45, 7) is 3.01. The molecule has 7 heteroatoms. The zero-order valence-corrected chi connectivity index (χ0v) is 20.3. The molecule has 0 aliphatic carbocycles. The van der Waals surface area contributed by atoms with E-state index in [1.54, 1.807) is 12.1 Å². The van der Waals surface area contributed by atoms with Crippen LogP contribution in [0.15, 0.2) is 57.4 Å². The summed E-state index contributed by atoms with van der Waals surface area (Å²) < 4.78 is 23.7. The van der Waals surface area contributed by atoms with Gasteiger partial charge in [-0.15, -0.1) is 0 Å². The molecule has 0 saturated heterocycles. The molecule has 0 radical (unpaired) electrons. The third-order valence-electron chi connectivity index (χ3n) is 5.48. The van der Waals surface area contributed by atoms with Crippen molar-refractivity contribution in [1.82, 2.24) is 9.80 Å². The number of fused-ring (bicyclic) bond motifs is 2. The summed E-state index contributed by atoms with van der Waals surface area (Å²) in [6.07, 6.45) is 1.79. The van der Waals surface area contributed by atoms with Crippen LogP contribution in [0, 0.1) is 0 Å². The molecule has 4 rings (SSSR count). The van der Waals surface area contributed by atoms with Crippen molar-refractivity contribution in [3.8, 4) is 11.5 Å². The van der Waals surface area contributed by atoms with Gasteiger partial charge in [-0.3, -0.25) is 4.79 Å². The second-order valence-electron chi connectivity index (χ2n) is 8.91. The molecule has 0 aliphatic heterocycles.